The van der Waals surface area contributed by atoms with Crippen LogP contribution in [0.3, 0.4) is 0 Å². The maximum atomic E-state index is 11.2. The van der Waals surface area contributed by atoms with E-state index in [2.05, 4.69) is 15.1 Å². The summed E-state index contributed by atoms with van der Waals surface area (Å²) in [4.78, 5) is 19.2. The Morgan fingerprint density at radius 3 is 2.77 bits per heavy atom. The smallest absolute Gasteiger partial charge is 0.143 e. The Labute approximate surface area is 126 Å². The monoisotopic (exact) mass is 291 g/mol. The summed E-state index contributed by atoms with van der Waals surface area (Å²) in [5.41, 5.74) is 3.46. The second kappa shape index (κ2) is 4.80. The summed E-state index contributed by atoms with van der Waals surface area (Å²) in [6.07, 6.45) is 0. The summed E-state index contributed by atoms with van der Waals surface area (Å²) in [6.45, 7) is 2.56. The highest BCUT2D eigenvalue weighted by molar-refractivity contribution is 6.11. The second-order valence-electron chi connectivity index (χ2n) is 5.06. The minimum atomic E-state index is 0.387. The van der Waals surface area contributed by atoms with Gasteiger partial charge in [0, 0.05) is 16.8 Å². The van der Waals surface area contributed by atoms with E-state index in [0.717, 1.165) is 33.2 Å². The quantitative estimate of drug-likeness (QED) is 0.560. The van der Waals surface area contributed by atoms with Crippen LogP contribution in [0.15, 0.2) is 47.6 Å². The van der Waals surface area contributed by atoms with Crippen molar-refractivity contribution in [1.82, 2.24) is 9.97 Å². The summed E-state index contributed by atoms with van der Waals surface area (Å²) >= 11 is 0. The number of nitroso groups, excluding NO2 is 1. The van der Waals surface area contributed by atoms with Crippen LogP contribution in [0.4, 0.5) is 5.69 Å². The van der Waals surface area contributed by atoms with Crippen molar-refractivity contribution in [3.8, 4) is 17.1 Å². The molecule has 0 saturated carbocycles. The van der Waals surface area contributed by atoms with Crippen LogP contribution in [0.25, 0.3) is 33.2 Å². The van der Waals surface area contributed by atoms with Gasteiger partial charge in [0.15, 0.2) is 0 Å². The Kier molecular flexibility index (Phi) is 2.79. The number of rotatable bonds is 3. The Hall–Kier alpha value is -2.95. The normalized spacial score (nSPS) is 11.3. The van der Waals surface area contributed by atoms with Gasteiger partial charge < -0.3 is 9.72 Å². The molecule has 108 valence electrons. The average molecular weight is 291 g/mol. The molecule has 0 bridgehead atoms. The highest BCUT2D eigenvalue weighted by atomic mass is 16.5. The van der Waals surface area contributed by atoms with Crippen LogP contribution >= 0.6 is 0 Å². The molecule has 2 aliphatic rings. The van der Waals surface area contributed by atoms with E-state index in [1.54, 1.807) is 0 Å². The predicted octanol–water partition coefficient (Wildman–Crippen LogP) is 4.62. The molecule has 5 nitrogen and oxygen atoms in total. The molecule has 2 aromatic carbocycles. The summed E-state index contributed by atoms with van der Waals surface area (Å²) in [5.74, 6) is 0.789. The molecule has 4 rings (SSSR count). The summed E-state index contributed by atoms with van der Waals surface area (Å²) < 4.78 is 5.52. The highest BCUT2D eigenvalue weighted by Crippen LogP contribution is 2.43. The average Bonchev–Trinajstić information content (AvgIpc) is 2.86. The number of hydrogen-bond donors (Lipinski definition) is 1. The van der Waals surface area contributed by atoms with Gasteiger partial charge in [-0.15, -0.1) is 4.91 Å². The first kappa shape index (κ1) is 12.8. The van der Waals surface area contributed by atoms with E-state index in [9.17, 15) is 4.91 Å². The molecular weight excluding hydrogens is 278 g/mol. The number of ether oxygens (including phenoxy) is 1. The van der Waals surface area contributed by atoms with E-state index in [1.807, 2.05) is 49.4 Å². The number of nitrogens with zero attached hydrogens (tertiary/aromatic N) is 2. The van der Waals surface area contributed by atoms with Crippen LogP contribution in [-0.4, -0.2) is 16.6 Å². The number of benzene rings is 2. The van der Waals surface area contributed by atoms with Crippen LogP contribution in [0.2, 0.25) is 0 Å². The molecule has 1 aliphatic heterocycles. The van der Waals surface area contributed by atoms with E-state index in [1.165, 1.54) is 0 Å². The minimum absolute atomic E-state index is 0.387. The molecule has 1 N–H and O–H groups in total. The van der Waals surface area contributed by atoms with Crippen LogP contribution in [0.5, 0.6) is 5.75 Å². The molecule has 0 saturated heterocycles. The fourth-order valence-corrected chi connectivity index (χ4v) is 2.83. The molecule has 0 unspecified atom stereocenters. The van der Waals surface area contributed by atoms with Gasteiger partial charge in [0.05, 0.1) is 23.3 Å². The van der Waals surface area contributed by atoms with Gasteiger partial charge in [-0.05, 0) is 24.2 Å². The third-order valence-electron chi connectivity index (χ3n) is 3.77. The Morgan fingerprint density at radius 2 is 2.00 bits per heavy atom. The zero-order valence-corrected chi connectivity index (χ0v) is 12.0. The van der Waals surface area contributed by atoms with E-state index < -0.39 is 0 Å². The maximum absolute atomic E-state index is 11.2. The molecule has 0 radical (unpaired) electrons. The number of H-pyrrole nitrogens is 1. The molecule has 1 aliphatic carbocycles. The van der Waals surface area contributed by atoms with Gasteiger partial charge in [0.2, 0.25) is 0 Å². The van der Waals surface area contributed by atoms with Crippen LogP contribution in [-0.2, 0) is 0 Å². The van der Waals surface area contributed by atoms with Crippen molar-refractivity contribution in [3.05, 3.63) is 47.4 Å². The maximum Gasteiger partial charge on any atom is 0.143 e. The second-order valence-corrected chi connectivity index (χ2v) is 5.06. The van der Waals surface area contributed by atoms with Crippen molar-refractivity contribution in [2.24, 2.45) is 5.18 Å². The van der Waals surface area contributed by atoms with E-state index >= 15 is 0 Å². The summed E-state index contributed by atoms with van der Waals surface area (Å²) in [6, 6.07) is 13.3. The summed E-state index contributed by atoms with van der Waals surface area (Å²) in [7, 11) is 0. The van der Waals surface area contributed by atoms with E-state index in [4.69, 9.17) is 4.74 Å². The van der Waals surface area contributed by atoms with E-state index in [-0.39, 0.29) is 0 Å². The van der Waals surface area contributed by atoms with Crippen molar-refractivity contribution in [3.63, 3.8) is 0 Å². The van der Waals surface area contributed by atoms with Crippen molar-refractivity contribution in [2.45, 2.75) is 6.92 Å². The molecule has 2 aromatic rings. The molecular formula is C17H13N3O2. The van der Waals surface area contributed by atoms with Gasteiger partial charge in [-0.25, -0.2) is 4.98 Å². The van der Waals surface area contributed by atoms with Gasteiger partial charge in [0.25, 0.3) is 0 Å². The van der Waals surface area contributed by atoms with Crippen molar-refractivity contribution in [1.29, 1.82) is 0 Å². The lowest BCUT2D eigenvalue weighted by molar-refractivity contribution is 0.340. The highest BCUT2D eigenvalue weighted by Gasteiger charge is 2.21. The SMILES string of the molecule is CCOc1ccc2nc3c(N=O)c4ccccc4c-3[nH]c2c1. The summed E-state index contributed by atoms with van der Waals surface area (Å²) in [5, 5.41) is 4.95. The third kappa shape index (κ3) is 1.75. The van der Waals surface area contributed by atoms with Gasteiger partial charge in [-0.2, -0.15) is 0 Å². The van der Waals surface area contributed by atoms with Crippen LogP contribution in [0, 0.1) is 4.91 Å². The van der Waals surface area contributed by atoms with Crippen molar-refractivity contribution >= 4 is 27.5 Å². The zero-order chi connectivity index (χ0) is 15.1. The van der Waals surface area contributed by atoms with Gasteiger partial charge in [-0.3, -0.25) is 0 Å². The predicted molar refractivity (Wildman–Crippen MR) is 86.8 cm³/mol. The topological polar surface area (TPSA) is 67.3 Å². The van der Waals surface area contributed by atoms with E-state index in [0.29, 0.717) is 18.0 Å². The Morgan fingerprint density at radius 1 is 1.18 bits per heavy atom. The standard InChI is InChI=1S/C17H13N3O2/c1-2-22-10-7-8-13-14(9-10)19-15-11-5-3-4-6-12(11)16(20-21)17(15)18-13/h3-9,19H,2H2,1H3. The molecule has 1 heterocycles. The lowest BCUT2D eigenvalue weighted by atomic mass is 10.2. The number of nitrogens with one attached hydrogen (secondary N) is 1. The largest absolute Gasteiger partial charge is 0.494 e. The Balaban J connectivity index is 2.10. The van der Waals surface area contributed by atoms with Crippen molar-refractivity contribution in [2.75, 3.05) is 6.61 Å². The number of fused-ring (bicyclic) bond motifs is 4. The molecule has 0 aromatic heterocycles. The first-order chi connectivity index (χ1) is 10.8. The van der Waals surface area contributed by atoms with Crippen molar-refractivity contribution < 1.29 is 4.74 Å². The van der Waals surface area contributed by atoms with Crippen LogP contribution in [0.1, 0.15) is 6.92 Å². The van der Waals surface area contributed by atoms with Gasteiger partial charge in [0.1, 0.15) is 17.1 Å². The molecule has 5 heteroatoms. The molecule has 0 spiro atoms. The number of hydrogen-bond acceptors (Lipinski definition) is 4. The molecule has 22 heavy (non-hydrogen) atoms. The molecule has 0 amide bonds. The fraction of sp³-hybridized carbons (Fsp3) is 0.118. The minimum Gasteiger partial charge on any atom is -0.494 e. The fourth-order valence-electron chi connectivity index (χ4n) is 2.83. The molecule has 0 fully saturated rings. The first-order valence-electron chi connectivity index (χ1n) is 7.12. The lowest BCUT2D eigenvalue weighted by Gasteiger charge is -2.07. The lowest BCUT2D eigenvalue weighted by Crippen LogP contribution is -1.94. The molecule has 0 atom stereocenters. The number of aromatic nitrogens is 2. The number of aromatic amines is 1. The zero-order valence-electron chi connectivity index (χ0n) is 12.0. The van der Waals surface area contributed by atoms with Gasteiger partial charge in [-0.1, -0.05) is 24.3 Å². The van der Waals surface area contributed by atoms with Gasteiger partial charge >= 0.3 is 0 Å². The first-order valence-corrected chi connectivity index (χ1v) is 7.12. The Bertz CT molecular complexity index is 974. The third-order valence-corrected chi connectivity index (χ3v) is 3.77. The van der Waals surface area contributed by atoms with Crippen LogP contribution < -0.4 is 4.74 Å².